The summed E-state index contributed by atoms with van der Waals surface area (Å²) in [4.78, 5) is 12.6. The molecule has 1 aromatic rings. The van der Waals surface area contributed by atoms with E-state index in [0.29, 0.717) is 19.5 Å². The fourth-order valence-electron chi connectivity index (χ4n) is 2.05. The molecule has 0 saturated heterocycles. The van der Waals surface area contributed by atoms with E-state index in [2.05, 4.69) is 0 Å². The maximum Gasteiger partial charge on any atom is 0.407 e. The molecule has 3 N–H and O–H groups in total. The number of carbonyl (C=O) groups is 1. The summed E-state index contributed by atoms with van der Waals surface area (Å²) < 4.78 is 0. The number of carboxylic acid groups (broad SMARTS) is 1. The van der Waals surface area contributed by atoms with E-state index in [1.54, 1.807) is 0 Å². The number of hydrogen-bond acceptors (Lipinski definition) is 2. The van der Waals surface area contributed by atoms with E-state index in [9.17, 15) is 9.90 Å². The van der Waals surface area contributed by atoms with Gasteiger partial charge in [0.25, 0.3) is 0 Å². The van der Waals surface area contributed by atoms with Crippen LogP contribution in [0.1, 0.15) is 26.3 Å². The van der Waals surface area contributed by atoms with Crippen LogP contribution in [0.5, 0.6) is 0 Å². The SMILES string of the molecule is CC(C)(C)CN(CC(N)Cc1ccccc1)C(=O)O. The van der Waals surface area contributed by atoms with Crippen molar-refractivity contribution in [3.8, 4) is 0 Å². The first-order valence-electron chi connectivity index (χ1n) is 6.55. The summed E-state index contributed by atoms with van der Waals surface area (Å²) in [5, 5.41) is 9.22. The molecule has 0 fully saturated rings. The van der Waals surface area contributed by atoms with Gasteiger partial charge in [-0.2, -0.15) is 0 Å². The molecule has 106 valence electrons. The highest BCUT2D eigenvalue weighted by Crippen LogP contribution is 2.15. The van der Waals surface area contributed by atoms with Gasteiger partial charge in [-0.1, -0.05) is 51.1 Å². The van der Waals surface area contributed by atoms with Gasteiger partial charge in [0, 0.05) is 19.1 Å². The number of amides is 1. The minimum absolute atomic E-state index is 0.0646. The van der Waals surface area contributed by atoms with Crippen LogP contribution in [0.15, 0.2) is 30.3 Å². The molecule has 1 atom stereocenters. The number of rotatable bonds is 5. The second-order valence-corrected chi connectivity index (χ2v) is 6.17. The van der Waals surface area contributed by atoms with Crippen LogP contribution in [0.25, 0.3) is 0 Å². The molecule has 0 radical (unpaired) electrons. The highest BCUT2D eigenvalue weighted by molar-refractivity contribution is 5.65. The summed E-state index contributed by atoms with van der Waals surface area (Å²) in [5.74, 6) is 0. The van der Waals surface area contributed by atoms with E-state index in [4.69, 9.17) is 5.73 Å². The van der Waals surface area contributed by atoms with Crippen LogP contribution in [0.4, 0.5) is 4.79 Å². The van der Waals surface area contributed by atoms with E-state index >= 15 is 0 Å². The van der Waals surface area contributed by atoms with Crippen molar-refractivity contribution >= 4 is 6.09 Å². The minimum Gasteiger partial charge on any atom is -0.465 e. The second kappa shape index (κ2) is 6.57. The van der Waals surface area contributed by atoms with Gasteiger partial charge in [0.1, 0.15) is 0 Å². The summed E-state index contributed by atoms with van der Waals surface area (Å²) >= 11 is 0. The summed E-state index contributed by atoms with van der Waals surface area (Å²) in [6, 6.07) is 9.72. The van der Waals surface area contributed by atoms with Crippen molar-refractivity contribution < 1.29 is 9.90 Å². The number of nitrogens with zero attached hydrogens (tertiary/aromatic N) is 1. The lowest BCUT2D eigenvalue weighted by Gasteiger charge is -2.29. The smallest absolute Gasteiger partial charge is 0.407 e. The topological polar surface area (TPSA) is 66.6 Å². The fourth-order valence-corrected chi connectivity index (χ4v) is 2.05. The molecule has 0 aliphatic rings. The van der Waals surface area contributed by atoms with Crippen LogP contribution >= 0.6 is 0 Å². The molecule has 1 amide bonds. The lowest BCUT2D eigenvalue weighted by Crippen LogP contribution is -2.45. The Hall–Kier alpha value is -1.55. The van der Waals surface area contributed by atoms with Crippen LogP contribution in [-0.4, -0.2) is 35.2 Å². The van der Waals surface area contributed by atoms with Crippen LogP contribution in [0.2, 0.25) is 0 Å². The third-order valence-electron chi connectivity index (χ3n) is 2.73. The standard InChI is InChI=1S/C15H24N2O2/c1-15(2,3)11-17(14(18)19)10-13(16)9-12-7-5-4-6-8-12/h4-8,13H,9-11,16H2,1-3H3,(H,18,19). The summed E-state index contributed by atoms with van der Waals surface area (Å²) in [5.41, 5.74) is 7.13. The number of nitrogens with two attached hydrogens (primary N) is 1. The highest BCUT2D eigenvalue weighted by Gasteiger charge is 2.22. The molecule has 4 nitrogen and oxygen atoms in total. The predicted octanol–water partition coefficient (Wildman–Crippen LogP) is 2.58. The lowest BCUT2D eigenvalue weighted by atomic mass is 9.95. The van der Waals surface area contributed by atoms with Gasteiger partial charge in [-0.25, -0.2) is 4.79 Å². The maximum absolute atomic E-state index is 11.2. The molecular formula is C15H24N2O2. The van der Waals surface area contributed by atoms with Crippen molar-refractivity contribution in [2.45, 2.75) is 33.2 Å². The largest absolute Gasteiger partial charge is 0.465 e. The molecule has 4 heteroatoms. The normalized spacial score (nSPS) is 13.1. The Morgan fingerprint density at radius 1 is 1.32 bits per heavy atom. The molecule has 0 aliphatic carbocycles. The molecule has 0 bridgehead atoms. The second-order valence-electron chi connectivity index (χ2n) is 6.17. The van der Waals surface area contributed by atoms with Crippen molar-refractivity contribution in [3.05, 3.63) is 35.9 Å². The molecule has 0 saturated carbocycles. The molecular weight excluding hydrogens is 240 g/mol. The average Bonchev–Trinajstić information content (AvgIpc) is 2.27. The zero-order valence-electron chi connectivity index (χ0n) is 12.0. The third-order valence-corrected chi connectivity index (χ3v) is 2.73. The van der Waals surface area contributed by atoms with Crippen molar-refractivity contribution in [2.75, 3.05) is 13.1 Å². The molecule has 1 unspecified atom stereocenters. The van der Waals surface area contributed by atoms with Crippen molar-refractivity contribution in [3.63, 3.8) is 0 Å². The van der Waals surface area contributed by atoms with Crippen molar-refractivity contribution in [1.82, 2.24) is 4.90 Å². The quantitative estimate of drug-likeness (QED) is 0.859. The van der Waals surface area contributed by atoms with Crippen LogP contribution in [0.3, 0.4) is 0 Å². The Labute approximate surface area is 115 Å². The van der Waals surface area contributed by atoms with Gasteiger partial charge < -0.3 is 15.7 Å². The van der Waals surface area contributed by atoms with Gasteiger partial charge in [0.05, 0.1) is 0 Å². The summed E-state index contributed by atoms with van der Waals surface area (Å²) in [6.07, 6.45) is -0.215. The zero-order chi connectivity index (χ0) is 14.5. The number of benzene rings is 1. The molecule has 0 spiro atoms. The molecule has 0 heterocycles. The zero-order valence-corrected chi connectivity index (χ0v) is 12.0. The highest BCUT2D eigenvalue weighted by atomic mass is 16.4. The lowest BCUT2D eigenvalue weighted by molar-refractivity contribution is 0.122. The van der Waals surface area contributed by atoms with E-state index in [1.165, 1.54) is 4.90 Å². The van der Waals surface area contributed by atoms with E-state index < -0.39 is 6.09 Å². The summed E-state index contributed by atoms with van der Waals surface area (Å²) in [6.45, 7) is 6.91. The van der Waals surface area contributed by atoms with Crippen molar-refractivity contribution in [1.29, 1.82) is 0 Å². The molecule has 1 aromatic carbocycles. The van der Waals surface area contributed by atoms with E-state index in [-0.39, 0.29) is 11.5 Å². The first-order valence-corrected chi connectivity index (χ1v) is 6.55. The molecule has 0 aromatic heterocycles. The Morgan fingerprint density at radius 3 is 2.37 bits per heavy atom. The van der Waals surface area contributed by atoms with E-state index in [1.807, 2.05) is 51.1 Å². The van der Waals surface area contributed by atoms with Gasteiger partial charge in [-0.3, -0.25) is 0 Å². The summed E-state index contributed by atoms with van der Waals surface area (Å²) in [7, 11) is 0. The Morgan fingerprint density at radius 2 is 1.89 bits per heavy atom. The predicted molar refractivity (Wildman–Crippen MR) is 77.2 cm³/mol. The third kappa shape index (κ3) is 6.25. The molecule has 0 aliphatic heterocycles. The average molecular weight is 264 g/mol. The Balaban J connectivity index is 2.57. The van der Waals surface area contributed by atoms with Crippen LogP contribution in [-0.2, 0) is 6.42 Å². The van der Waals surface area contributed by atoms with Gasteiger partial charge in [-0.15, -0.1) is 0 Å². The Bertz CT molecular complexity index is 398. The molecule has 1 rings (SSSR count). The van der Waals surface area contributed by atoms with Gasteiger partial charge in [0.15, 0.2) is 0 Å². The minimum atomic E-state index is -0.904. The monoisotopic (exact) mass is 264 g/mol. The Kier molecular flexibility index (Phi) is 5.36. The van der Waals surface area contributed by atoms with Crippen LogP contribution in [0, 0.1) is 5.41 Å². The fraction of sp³-hybridized carbons (Fsp3) is 0.533. The van der Waals surface area contributed by atoms with Crippen LogP contribution < -0.4 is 5.73 Å². The molecule has 19 heavy (non-hydrogen) atoms. The number of hydrogen-bond donors (Lipinski definition) is 2. The van der Waals surface area contributed by atoms with Gasteiger partial charge in [-0.05, 0) is 17.4 Å². The first-order chi connectivity index (χ1) is 8.78. The maximum atomic E-state index is 11.2. The van der Waals surface area contributed by atoms with Gasteiger partial charge in [0.2, 0.25) is 0 Å². The van der Waals surface area contributed by atoms with E-state index in [0.717, 1.165) is 5.56 Å². The van der Waals surface area contributed by atoms with Gasteiger partial charge >= 0.3 is 6.09 Å². The first kappa shape index (κ1) is 15.5. The van der Waals surface area contributed by atoms with Crippen molar-refractivity contribution in [2.24, 2.45) is 11.1 Å².